The van der Waals surface area contributed by atoms with Crippen molar-refractivity contribution in [2.45, 2.75) is 25.3 Å². The van der Waals surface area contributed by atoms with Crippen LogP contribution in [0.2, 0.25) is 0 Å². The van der Waals surface area contributed by atoms with E-state index in [1.165, 1.54) is 0 Å². The number of hydrogen-bond donors (Lipinski definition) is 1. The molecule has 0 bridgehead atoms. The molecule has 31 heavy (non-hydrogen) atoms. The van der Waals surface area contributed by atoms with Crippen LogP contribution in [-0.2, 0) is 6.54 Å². The molecule has 0 radical (unpaired) electrons. The zero-order valence-electron chi connectivity index (χ0n) is 17.7. The van der Waals surface area contributed by atoms with Crippen LogP contribution >= 0.6 is 11.3 Å². The van der Waals surface area contributed by atoms with E-state index >= 15 is 0 Å². The summed E-state index contributed by atoms with van der Waals surface area (Å²) >= 11 is 1.61. The molecule has 2 heterocycles. The van der Waals surface area contributed by atoms with Crippen molar-refractivity contribution in [1.29, 1.82) is 0 Å². The number of nitrogens with one attached hydrogen (secondary N) is 1. The Kier molecular flexibility index (Phi) is 6.66. The number of ether oxygens (including phenoxy) is 2. The number of aromatic nitrogens is 2. The average Bonchev–Trinajstić information content (AvgIpc) is 3.33. The van der Waals surface area contributed by atoms with Crippen LogP contribution in [0.15, 0.2) is 48.5 Å². The van der Waals surface area contributed by atoms with Crippen LogP contribution in [0.4, 0.5) is 4.79 Å². The predicted octanol–water partition coefficient (Wildman–Crippen LogP) is 4.31. The Morgan fingerprint density at radius 3 is 2.52 bits per heavy atom. The molecule has 0 saturated carbocycles. The lowest BCUT2D eigenvalue weighted by Crippen LogP contribution is -2.43. The van der Waals surface area contributed by atoms with Gasteiger partial charge >= 0.3 is 6.03 Å². The highest BCUT2D eigenvalue weighted by atomic mass is 32.1. The van der Waals surface area contributed by atoms with Crippen LogP contribution in [-0.4, -0.2) is 48.4 Å². The Morgan fingerprint density at radius 2 is 1.81 bits per heavy atom. The summed E-state index contributed by atoms with van der Waals surface area (Å²) < 4.78 is 10.6. The van der Waals surface area contributed by atoms with Crippen molar-refractivity contribution in [1.82, 2.24) is 20.4 Å². The van der Waals surface area contributed by atoms with Crippen LogP contribution in [0.1, 0.15) is 29.3 Å². The highest BCUT2D eigenvalue weighted by Gasteiger charge is 2.26. The van der Waals surface area contributed by atoms with Crippen molar-refractivity contribution < 1.29 is 14.3 Å². The first-order valence-electron chi connectivity index (χ1n) is 10.3. The van der Waals surface area contributed by atoms with Gasteiger partial charge in [0.05, 0.1) is 19.8 Å². The van der Waals surface area contributed by atoms with Crippen LogP contribution in [0.25, 0.3) is 10.6 Å². The predicted molar refractivity (Wildman–Crippen MR) is 121 cm³/mol. The Morgan fingerprint density at radius 1 is 1.06 bits per heavy atom. The molecule has 4 rings (SSSR count). The van der Waals surface area contributed by atoms with E-state index in [4.69, 9.17) is 9.47 Å². The molecule has 2 amide bonds. The fraction of sp³-hybridized carbons (Fsp3) is 0.348. The Bertz CT molecular complexity index is 1010. The lowest BCUT2D eigenvalue weighted by atomic mass is 9.98. The Hall–Kier alpha value is -3.13. The minimum Gasteiger partial charge on any atom is -0.497 e. The molecular formula is C23H26N4O3S. The van der Waals surface area contributed by atoms with E-state index in [1.807, 2.05) is 53.4 Å². The molecular weight excluding hydrogens is 412 g/mol. The van der Waals surface area contributed by atoms with Crippen molar-refractivity contribution in [3.05, 3.63) is 59.1 Å². The van der Waals surface area contributed by atoms with E-state index in [2.05, 4.69) is 15.5 Å². The maximum absolute atomic E-state index is 12.5. The quantitative estimate of drug-likeness (QED) is 0.621. The van der Waals surface area contributed by atoms with Crippen molar-refractivity contribution >= 4 is 17.4 Å². The lowest BCUT2D eigenvalue weighted by Gasteiger charge is -2.31. The van der Waals surface area contributed by atoms with E-state index in [1.54, 1.807) is 25.6 Å². The lowest BCUT2D eigenvalue weighted by molar-refractivity contribution is 0.181. The topological polar surface area (TPSA) is 76.6 Å². The Labute approximate surface area is 186 Å². The number of piperidine rings is 1. The Balaban J connectivity index is 1.30. The van der Waals surface area contributed by atoms with Crippen LogP contribution in [0.3, 0.4) is 0 Å². The van der Waals surface area contributed by atoms with Gasteiger partial charge in [0.15, 0.2) is 5.01 Å². The van der Waals surface area contributed by atoms with Gasteiger partial charge < -0.3 is 19.7 Å². The van der Waals surface area contributed by atoms with Gasteiger partial charge in [-0.05, 0) is 42.7 Å². The van der Waals surface area contributed by atoms with Crippen molar-refractivity contribution in [3.63, 3.8) is 0 Å². The highest BCUT2D eigenvalue weighted by molar-refractivity contribution is 7.14. The van der Waals surface area contributed by atoms with Gasteiger partial charge in [-0.15, -0.1) is 10.2 Å². The molecule has 0 unspecified atom stereocenters. The van der Waals surface area contributed by atoms with Crippen molar-refractivity contribution in [3.8, 4) is 22.1 Å². The van der Waals surface area contributed by atoms with Gasteiger partial charge in [0.2, 0.25) is 0 Å². The van der Waals surface area contributed by atoms with Gasteiger partial charge in [-0.25, -0.2) is 4.79 Å². The van der Waals surface area contributed by atoms with E-state index in [-0.39, 0.29) is 6.03 Å². The van der Waals surface area contributed by atoms with Crippen molar-refractivity contribution in [2.24, 2.45) is 0 Å². The maximum Gasteiger partial charge on any atom is 0.317 e. The molecule has 1 aromatic heterocycles. The first-order chi connectivity index (χ1) is 15.2. The molecule has 7 nitrogen and oxygen atoms in total. The zero-order valence-corrected chi connectivity index (χ0v) is 18.5. The summed E-state index contributed by atoms with van der Waals surface area (Å²) in [5.41, 5.74) is 2.01. The third-order valence-corrected chi connectivity index (χ3v) is 6.63. The molecule has 1 aliphatic rings. The fourth-order valence-corrected chi connectivity index (χ4v) is 4.73. The number of likely N-dealkylation sites (tertiary alicyclic amines) is 1. The van der Waals surface area contributed by atoms with Crippen LogP contribution in [0, 0.1) is 0 Å². The van der Waals surface area contributed by atoms with Gasteiger partial charge in [-0.1, -0.05) is 35.6 Å². The number of para-hydroxylation sites is 1. The summed E-state index contributed by atoms with van der Waals surface area (Å²) in [4.78, 5) is 14.4. The second-order valence-electron chi connectivity index (χ2n) is 7.41. The number of amides is 2. The summed E-state index contributed by atoms with van der Waals surface area (Å²) in [6, 6.07) is 15.5. The number of benzene rings is 2. The maximum atomic E-state index is 12.5. The number of hydrogen-bond acceptors (Lipinski definition) is 6. The smallest absolute Gasteiger partial charge is 0.317 e. The number of urea groups is 1. The van der Waals surface area contributed by atoms with Gasteiger partial charge in [0, 0.05) is 25.6 Å². The molecule has 1 aliphatic heterocycles. The molecule has 0 aliphatic carbocycles. The minimum atomic E-state index is -0.0266. The van der Waals surface area contributed by atoms with E-state index in [0.717, 1.165) is 45.5 Å². The SMILES string of the molecule is COc1ccc(CNC(=O)N2CCC(c3nnc(-c4ccccc4OC)s3)CC2)cc1. The standard InChI is InChI=1S/C23H26N4O3S/c1-29-18-9-7-16(8-10-18)15-24-23(28)27-13-11-17(12-14-27)21-25-26-22(31-21)19-5-3-4-6-20(19)30-2/h3-10,17H,11-15H2,1-2H3,(H,24,28). The van der Waals surface area contributed by atoms with Gasteiger partial charge in [-0.2, -0.15) is 0 Å². The average molecular weight is 439 g/mol. The summed E-state index contributed by atoms with van der Waals surface area (Å²) in [5, 5.41) is 13.7. The van der Waals surface area contributed by atoms with Gasteiger partial charge in [0.25, 0.3) is 0 Å². The van der Waals surface area contributed by atoms with Gasteiger partial charge in [0.1, 0.15) is 16.5 Å². The highest BCUT2D eigenvalue weighted by Crippen LogP contribution is 2.36. The number of nitrogens with zero attached hydrogens (tertiary/aromatic N) is 3. The normalized spacial score (nSPS) is 14.3. The fourth-order valence-electron chi connectivity index (χ4n) is 3.69. The molecule has 1 fully saturated rings. The number of rotatable bonds is 6. The largest absolute Gasteiger partial charge is 0.497 e. The molecule has 162 valence electrons. The summed E-state index contributed by atoms with van der Waals surface area (Å²) in [5.74, 6) is 1.93. The van der Waals surface area contributed by atoms with E-state index in [9.17, 15) is 4.79 Å². The monoisotopic (exact) mass is 438 g/mol. The molecule has 1 N–H and O–H groups in total. The molecule has 3 aromatic rings. The minimum absolute atomic E-state index is 0.0266. The molecule has 0 atom stereocenters. The number of carbonyl (C=O) groups is 1. The second-order valence-corrected chi connectivity index (χ2v) is 8.42. The van der Waals surface area contributed by atoms with Gasteiger partial charge in [-0.3, -0.25) is 0 Å². The summed E-state index contributed by atoms with van der Waals surface area (Å²) in [6.07, 6.45) is 1.77. The first-order valence-corrected chi connectivity index (χ1v) is 11.1. The molecule has 1 saturated heterocycles. The molecule has 0 spiro atoms. The second kappa shape index (κ2) is 9.78. The van der Waals surface area contributed by atoms with E-state index in [0.29, 0.717) is 25.6 Å². The number of carbonyl (C=O) groups excluding carboxylic acids is 1. The summed E-state index contributed by atoms with van der Waals surface area (Å²) in [6.45, 7) is 1.92. The van der Waals surface area contributed by atoms with Crippen LogP contribution in [0.5, 0.6) is 11.5 Å². The molecule has 2 aromatic carbocycles. The first kappa shape index (κ1) is 21.1. The summed E-state index contributed by atoms with van der Waals surface area (Å²) in [7, 11) is 3.30. The van der Waals surface area contributed by atoms with E-state index < -0.39 is 0 Å². The molecule has 8 heteroatoms. The van der Waals surface area contributed by atoms with Crippen LogP contribution < -0.4 is 14.8 Å². The number of methoxy groups -OCH3 is 2. The third kappa shape index (κ3) is 4.96. The third-order valence-electron chi connectivity index (χ3n) is 5.51. The van der Waals surface area contributed by atoms with Crippen molar-refractivity contribution in [2.75, 3.05) is 27.3 Å². The zero-order chi connectivity index (χ0) is 21.6.